The summed E-state index contributed by atoms with van der Waals surface area (Å²) < 4.78 is 6.01. The number of ether oxygens (including phenoxy) is 1. The predicted molar refractivity (Wildman–Crippen MR) is 125 cm³/mol. The molecule has 0 spiro atoms. The number of hydrogen-bond donors (Lipinski definition) is 1. The van der Waals surface area contributed by atoms with Crippen LogP contribution in [0.5, 0.6) is 5.75 Å². The van der Waals surface area contributed by atoms with Gasteiger partial charge in [-0.2, -0.15) is 0 Å². The van der Waals surface area contributed by atoms with Gasteiger partial charge in [0.1, 0.15) is 18.1 Å². The van der Waals surface area contributed by atoms with Gasteiger partial charge in [-0.3, -0.25) is 9.78 Å². The number of aromatic nitrogens is 2. The van der Waals surface area contributed by atoms with Gasteiger partial charge in [0, 0.05) is 18.3 Å². The van der Waals surface area contributed by atoms with Gasteiger partial charge in [0.05, 0.1) is 6.04 Å². The number of carbonyl (C=O) groups excluding carboxylic acids is 1. The summed E-state index contributed by atoms with van der Waals surface area (Å²) >= 11 is 6.39. The van der Waals surface area contributed by atoms with Crippen molar-refractivity contribution in [3.8, 4) is 5.75 Å². The summed E-state index contributed by atoms with van der Waals surface area (Å²) in [6, 6.07) is 17.2. The Morgan fingerprint density at radius 3 is 2.50 bits per heavy atom. The van der Waals surface area contributed by atoms with Gasteiger partial charge >= 0.3 is 0 Å². The lowest BCUT2D eigenvalue weighted by atomic mass is 9.97. The van der Waals surface area contributed by atoms with E-state index in [9.17, 15) is 4.79 Å². The van der Waals surface area contributed by atoms with Crippen LogP contribution in [0.2, 0.25) is 5.15 Å². The predicted octanol–water partition coefficient (Wildman–Crippen LogP) is 5.89. The molecule has 1 heterocycles. The number of hydrogen-bond acceptors (Lipinski definition) is 4. The molecule has 1 saturated carbocycles. The van der Waals surface area contributed by atoms with Crippen molar-refractivity contribution in [2.75, 3.05) is 0 Å². The van der Waals surface area contributed by atoms with Crippen molar-refractivity contribution in [3.05, 3.63) is 89.0 Å². The molecule has 0 bridgehead atoms. The summed E-state index contributed by atoms with van der Waals surface area (Å²) in [5, 5.41) is 3.49. The van der Waals surface area contributed by atoms with Crippen molar-refractivity contribution in [1.29, 1.82) is 0 Å². The van der Waals surface area contributed by atoms with Crippen molar-refractivity contribution >= 4 is 17.5 Å². The monoisotopic (exact) mass is 449 g/mol. The standard InChI is InChI=1S/C26H28ClN3O2/c27-25-24(28-15-16-29-25)23(30-26(31)20-11-6-1-2-7-12-20)21-13-8-14-22(17-21)32-18-19-9-4-3-5-10-19/h3-5,8-10,13-17,20,23H,1-2,6-7,11-12,18H2,(H,30,31). The largest absolute Gasteiger partial charge is 0.489 e. The van der Waals surface area contributed by atoms with E-state index in [1.54, 1.807) is 12.4 Å². The van der Waals surface area contributed by atoms with Gasteiger partial charge in [0.15, 0.2) is 5.15 Å². The van der Waals surface area contributed by atoms with Crippen molar-refractivity contribution in [2.45, 2.75) is 51.2 Å². The Morgan fingerprint density at radius 2 is 1.75 bits per heavy atom. The van der Waals surface area contributed by atoms with Crippen LogP contribution < -0.4 is 10.1 Å². The van der Waals surface area contributed by atoms with Crippen molar-refractivity contribution < 1.29 is 9.53 Å². The van der Waals surface area contributed by atoms with E-state index in [2.05, 4.69) is 15.3 Å². The van der Waals surface area contributed by atoms with Crippen LogP contribution in [-0.2, 0) is 11.4 Å². The summed E-state index contributed by atoms with van der Waals surface area (Å²) in [5.41, 5.74) is 2.49. The molecule has 1 atom stereocenters. The first-order valence-corrected chi connectivity index (χ1v) is 11.6. The fourth-order valence-electron chi connectivity index (χ4n) is 4.16. The number of benzene rings is 2. The molecule has 0 aliphatic heterocycles. The number of amides is 1. The highest BCUT2D eigenvalue weighted by molar-refractivity contribution is 6.30. The highest BCUT2D eigenvalue weighted by Crippen LogP contribution is 2.30. The Bertz CT molecular complexity index is 1020. The number of halogens is 1. The lowest BCUT2D eigenvalue weighted by Gasteiger charge is -2.23. The summed E-state index contributed by atoms with van der Waals surface area (Å²) in [4.78, 5) is 21.8. The zero-order chi connectivity index (χ0) is 22.2. The molecule has 0 radical (unpaired) electrons. The molecule has 166 valence electrons. The van der Waals surface area contributed by atoms with Crippen LogP contribution in [0.15, 0.2) is 67.0 Å². The number of carbonyl (C=O) groups is 1. The smallest absolute Gasteiger partial charge is 0.223 e. The second-order valence-corrected chi connectivity index (χ2v) is 8.57. The van der Waals surface area contributed by atoms with Crippen LogP contribution >= 0.6 is 11.6 Å². The van der Waals surface area contributed by atoms with Gasteiger partial charge < -0.3 is 10.1 Å². The van der Waals surface area contributed by atoms with E-state index < -0.39 is 6.04 Å². The summed E-state index contributed by atoms with van der Waals surface area (Å²) in [6.07, 6.45) is 9.58. The van der Waals surface area contributed by atoms with E-state index in [1.807, 2.05) is 54.6 Å². The maximum absolute atomic E-state index is 13.2. The lowest BCUT2D eigenvalue weighted by Crippen LogP contribution is -2.35. The summed E-state index contributed by atoms with van der Waals surface area (Å²) in [6.45, 7) is 0.468. The highest BCUT2D eigenvalue weighted by Gasteiger charge is 2.26. The Morgan fingerprint density at radius 1 is 1.00 bits per heavy atom. The average molecular weight is 450 g/mol. The van der Waals surface area contributed by atoms with Crippen molar-refractivity contribution in [1.82, 2.24) is 15.3 Å². The SMILES string of the molecule is O=C(NC(c1cccc(OCc2ccccc2)c1)c1nccnc1Cl)C1CCCCCC1. The van der Waals surface area contributed by atoms with E-state index in [-0.39, 0.29) is 17.0 Å². The van der Waals surface area contributed by atoms with Crippen molar-refractivity contribution in [2.24, 2.45) is 5.92 Å². The van der Waals surface area contributed by atoms with Gasteiger partial charge in [0.2, 0.25) is 5.91 Å². The molecule has 1 fully saturated rings. The fraction of sp³-hybridized carbons (Fsp3) is 0.346. The molecule has 1 N–H and O–H groups in total. The minimum Gasteiger partial charge on any atom is -0.489 e. The first-order valence-electron chi connectivity index (χ1n) is 11.2. The Balaban J connectivity index is 1.57. The van der Waals surface area contributed by atoms with Crippen LogP contribution in [0.1, 0.15) is 61.4 Å². The second kappa shape index (κ2) is 11.1. The van der Waals surface area contributed by atoms with E-state index in [0.29, 0.717) is 12.3 Å². The molecule has 3 aromatic rings. The Hall–Kier alpha value is -2.92. The molecule has 6 heteroatoms. The third-order valence-corrected chi connectivity index (χ3v) is 6.20. The van der Waals surface area contributed by atoms with Crippen LogP contribution in [-0.4, -0.2) is 15.9 Å². The third kappa shape index (κ3) is 5.86. The zero-order valence-electron chi connectivity index (χ0n) is 18.0. The van der Waals surface area contributed by atoms with Gasteiger partial charge in [-0.15, -0.1) is 0 Å². The second-order valence-electron chi connectivity index (χ2n) is 8.21. The third-order valence-electron chi connectivity index (χ3n) is 5.91. The molecule has 1 unspecified atom stereocenters. The molecule has 1 aliphatic rings. The quantitative estimate of drug-likeness (QED) is 0.457. The van der Waals surface area contributed by atoms with Crippen LogP contribution in [0.4, 0.5) is 0 Å². The van der Waals surface area contributed by atoms with Gasteiger partial charge in [0.25, 0.3) is 0 Å². The van der Waals surface area contributed by atoms with Gasteiger partial charge in [-0.05, 0) is 36.1 Å². The summed E-state index contributed by atoms with van der Waals surface area (Å²) in [5.74, 6) is 0.794. The molecule has 4 rings (SSSR count). The molecule has 1 amide bonds. The molecule has 2 aromatic carbocycles. The summed E-state index contributed by atoms with van der Waals surface area (Å²) in [7, 11) is 0. The Kier molecular flexibility index (Phi) is 7.73. The first kappa shape index (κ1) is 22.3. The molecule has 32 heavy (non-hydrogen) atoms. The first-order chi connectivity index (χ1) is 15.7. The maximum Gasteiger partial charge on any atom is 0.223 e. The maximum atomic E-state index is 13.2. The topological polar surface area (TPSA) is 64.1 Å². The molecule has 0 saturated heterocycles. The lowest BCUT2D eigenvalue weighted by molar-refractivity contribution is -0.125. The minimum absolute atomic E-state index is 0.0213. The number of rotatable bonds is 7. The van der Waals surface area contributed by atoms with Crippen LogP contribution in [0.25, 0.3) is 0 Å². The van der Waals surface area contributed by atoms with E-state index in [0.717, 1.165) is 42.6 Å². The van der Waals surface area contributed by atoms with Crippen LogP contribution in [0, 0.1) is 5.92 Å². The van der Waals surface area contributed by atoms with Crippen molar-refractivity contribution in [3.63, 3.8) is 0 Å². The fourth-order valence-corrected chi connectivity index (χ4v) is 4.38. The van der Waals surface area contributed by atoms with E-state index in [4.69, 9.17) is 16.3 Å². The highest BCUT2D eigenvalue weighted by atomic mass is 35.5. The molecule has 1 aromatic heterocycles. The normalized spacial score (nSPS) is 15.5. The molecular weight excluding hydrogens is 422 g/mol. The van der Waals surface area contributed by atoms with Gasteiger partial charge in [-0.1, -0.05) is 79.7 Å². The van der Waals surface area contributed by atoms with E-state index >= 15 is 0 Å². The van der Waals surface area contributed by atoms with Gasteiger partial charge in [-0.25, -0.2) is 4.98 Å². The zero-order valence-corrected chi connectivity index (χ0v) is 18.8. The molecule has 5 nitrogen and oxygen atoms in total. The number of nitrogens with zero attached hydrogens (tertiary/aromatic N) is 2. The number of nitrogens with one attached hydrogen (secondary N) is 1. The Labute approximate surface area is 194 Å². The molecular formula is C26H28ClN3O2. The minimum atomic E-state index is -0.493. The van der Waals surface area contributed by atoms with Crippen LogP contribution in [0.3, 0.4) is 0 Å². The molecule has 1 aliphatic carbocycles. The van der Waals surface area contributed by atoms with E-state index in [1.165, 1.54) is 12.8 Å². The average Bonchev–Trinajstić information content (AvgIpc) is 3.12.